The number of carbonyl (C=O) groups excluding carboxylic acids is 2. The average molecular weight is 386 g/mol. The number of carbonyl (C=O) groups is 2. The van der Waals surface area contributed by atoms with Crippen LogP contribution in [0.5, 0.6) is 0 Å². The van der Waals surface area contributed by atoms with Gasteiger partial charge in [-0.25, -0.2) is 31.5 Å². The maximum absolute atomic E-state index is 13.5. The van der Waals surface area contributed by atoms with Crippen LogP contribution in [0.1, 0.15) is 21.5 Å². The molecule has 142 valence electrons. The molecule has 0 aliphatic rings. The van der Waals surface area contributed by atoms with Gasteiger partial charge in [0.1, 0.15) is 6.61 Å². The van der Waals surface area contributed by atoms with E-state index in [1.54, 1.807) is 0 Å². The van der Waals surface area contributed by atoms with Crippen molar-refractivity contribution in [3.05, 3.63) is 76.1 Å². The SMILES string of the molecule is COC(=O)c1ccc(/C=C/C(=O)OCc2c(F)c(F)c(F)c(F)c2F)cc1. The second-order valence-electron chi connectivity index (χ2n) is 5.10. The molecule has 0 amide bonds. The molecule has 0 aliphatic carbocycles. The molecule has 0 unspecified atom stereocenters. The van der Waals surface area contributed by atoms with Gasteiger partial charge in [-0.15, -0.1) is 0 Å². The highest BCUT2D eigenvalue weighted by Crippen LogP contribution is 2.23. The van der Waals surface area contributed by atoms with E-state index in [9.17, 15) is 31.5 Å². The highest BCUT2D eigenvalue weighted by molar-refractivity contribution is 5.90. The van der Waals surface area contributed by atoms with Crippen molar-refractivity contribution in [3.63, 3.8) is 0 Å². The first-order valence-electron chi connectivity index (χ1n) is 7.29. The van der Waals surface area contributed by atoms with E-state index >= 15 is 0 Å². The Balaban J connectivity index is 2.05. The zero-order valence-electron chi connectivity index (χ0n) is 13.7. The Morgan fingerprint density at radius 3 is 1.93 bits per heavy atom. The van der Waals surface area contributed by atoms with Gasteiger partial charge in [0.2, 0.25) is 5.82 Å². The van der Waals surface area contributed by atoms with Gasteiger partial charge in [-0.05, 0) is 23.8 Å². The predicted molar refractivity (Wildman–Crippen MR) is 82.8 cm³/mol. The summed E-state index contributed by atoms with van der Waals surface area (Å²) in [7, 11) is 1.22. The summed E-state index contributed by atoms with van der Waals surface area (Å²) in [6, 6.07) is 5.84. The molecule has 0 saturated heterocycles. The van der Waals surface area contributed by atoms with Crippen LogP contribution < -0.4 is 0 Å². The van der Waals surface area contributed by atoms with Crippen LogP contribution in [0.3, 0.4) is 0 Å². The van der Waals surface area contributed by atoms with Crippen molar-refractivity contribution in [2.45, 2.75) is 6.61 Å². The predicted octanol–water partition coefficient (Wildman–Crippen LogP) is 3.93. The molecule has 0 bridgehead atoms. The molecule has 2 aromatic carbocycles. The first kappa shape index (κ1) is 20.1. The summed E-state index contributed by atoms with van der Waals surface area (Å²) < 4.78 is 75.0. The van der Waals surface area contributed by atoms with E-state index in [0.717, 1.165) is 6.08 Å². The number of benzene rings is 2. The lowest BCUT2D eigenvalue weighted by atomic mass is 10.1. The molecular weight excluding hydrogens is 375 g/mol. The maximum atomic E-state index is 13.5. The molecule has 9 heteroatoms. The third-order valence-corrected chi connectivity index (χ3v) is 3.40. The van der Waals surface area contributed by atoms with Gasteiger partial charge >= 0.3 is 11.9 Å². The smallest absolute Gasteiger partial charge is 0.337 e. The highest BCUT2D eigenvalue weighted by atomic mass is 19.2. The summed E-state index contributed by atoms with van der Waals surface area (Å²) in [4.78, 5) is 22.9. The fraction of sp³-hybridized carbons (Fsp3) is 0.111. The number of hydrogen-bond acceptors (Lipinski definition) is 4. The molecule has 0 N–H and O–H groups in total. The van der Waals surface area contributed by atoms with Crippen molar-refractivity contribution in [2.24, 2.45) is 0 Å². The topological polar surface area (TPSA) is 52.6 Å². The van der Waals surface area contributed by atoms with Crippen molar-refractivity contribution in [2.75, 3.05) is 7.11 Å². The van der Waals surface area contributed by atoms with Crippen LogP contribution in [0.2, 0.25) is 0 Å². The van der Waals surface area contributed by atoms with Gasteiger partial charge in [0, 0.05) is 6.08 Å². The Hall–Kier alpha value is -3.23. The number of hydrogen-bond donors (Lipinski definition) is 0. The van der Waals surface area contributed by atoms with E-state index in [0.29, 0.717) is 5.56 Å². The standard InChI is InChI=1S/C18H11F5O4/c1-26-18(25)10-5-2-9(3-6-10)4-7-12(24)27-8-11-13(19)15(21)17(23)16(22)14(11)20/h2-7H,8H2,1H3/b7-4+. The molecule has 0 radical (unpaired) electrons. The second kappa shape index (κ2) is 8.43. The number of rotatable bonds is 5. The van der Waals surface area contributed by atoms with Crippen LogP contribution in [0, 0.1) is 29.1 Å². The molecule has 27 heavy (non-hydrogen) atoms. The Morgan fingerprint density at radius 1 is 0.889 bits per heavy atom. The lowest BCUT2D eigenvalue weighted by Gasteiger charge is -2.08. The number of halogens is 5. The third-order valence-electron chi connectivity index (χ3n) is 3.40. The lowest BCUT2D eigenvalue weighted by Crippen LogP contribution is -2.10. The molecule has 2 rings (SSSR count). The minimum absolute atomic E-state index is 0.281. The lowest BCUT2D eigenvalue weighted by molar-refractivity contribution is -0.139. The first-order chi connectivity index (χ1) is 12.8. The van der Waals surface area contributed by atoms with E-state index in [2.05, 4.69) is 9.47 Å². The van der Waals surface area contributed by atoms with Gasteiger partial charge in [-0.1, -0.05) is 12.1 Å². The number of methoxy groups -OCH3 is 1. The maximum Gasteiger partial charge on any atom is 0.337 e. The normalized spacial score (nSPS) is 10.9. The molecule has 0 aromatic heterocycles. The van der Waals surface area contributed by atoms with Crippen molar-refractivity contribution in [3.8, 4) is 0 Å². The second-order valence-corrected chi connectivity index (χ2v) is 5.10. The van der Waals surface area contributed by atoms with Crippen molar-refractivity contribution in [1.29, 1.82) is 0 Å². The van der Waals surface area contributed by atoms with Gasteiger partial charge in [-0.3, -0.25) is 0 Å². The summed E-state index contributed by atoms with van der Waals surface area (Å²) in [6.45, 7) is -1.14. The van der Waals surface area contributed by atoms with E-state index < -0.39 is 53.2 Å². The van der Waals surface area contributed by atoms with Crippen LogP contribution in [-0.4, -0.2) is 19.0 Å². The van der Waals surface area contributed by atoms with Crippen LogP contribution in [-0.2, 0) is 20.9 Å². The quantitative estimate of drug-likeness (QED) is 0.257. The van der Waals surface area contributed by atoms with Gasteiger partial charge in [0.05, 0.1) is 18.2 Å². The third kappa shape index (κ3) is 4.49. The van der Waals surface area contributed by atoms with Crippen molar-refractivity contribution >= 4 is 18.0 Å². The molecule has 2 aromatic rings. The Bertz CT molecular complexity index is 878. The molecule has 0 spiro atoms. The number of ether oxygens (including phenoxy) is 2. The van der Waals surface area contributed by atoms with E-state index in [1.807, 2.05) is 0 Å². The van der Waals surface area contributed by atoms with Crippen LogP contribution >= 0.6 is 0 Å². The number of esters is 2. The van der Waals surface area contributed by atoms with Gasteiger partial charge < -0.3 is 9.47 Å². The monoisotopic (exact) mass is 386 g/mol. The van der Waals surface area contributed by atoms with Crippen molar-refractivity contribution < 1.29 is 41.0 Å². The summed E-state index contributed by atoms with van der Waals surface area (Å²) in [6.07, 6.45) is 2.15. The van der Waals surface area contributed by atoms with Gasteiger partial charge in [0.15, 0.2) is 23.3 Å². The van der Waals surface area contributed by atoms with Crippen LogP contribution in [0.25, 0.3) is 6.08 Å². The highest BCUT2D eigenvalue weighted by Gasteiger charge is 2.26. The largest absolute Gasteiger partial charge is 0.465 e. The van der Waals surface area contributed by atoms with Gasteiger partial charge in [0.25, 0.3) is 0 Å². The zero-order chi connectivity index (χ0) is 20.1. The molecule has 0 fully saturated rings. The fourth-order valence-electron chi connectivity index (χ4n) is 1.98. The minimum atomic E-state index is -2.30. The Morgan fingerprint density at radius 2 is 1.41 bits per heavy atom. The summed E-state index contributed by atoms with van der Waals surface area (Å²) in [5.41, 5.74) is -0.491. The molecular formula is C18H11F5O4. The van der Waals surface area contributed by atoms with E-state index in [-0.39, 0.29) is 5.56 Å². The van der Waals surface area contributed by atoms with E-state index in [1.165, 1.54) is 37.5 Å². The Kier molecular flexibility index (Phi) is 6.27. The molecule has 0 atom stereocenters. The summed E-state index contributed by atoms with van der Waals surface area (Å²) in [5.74, 6) is -12.3. The first-order valence-corrected chi connectivity index (χ1v) is 7.29. The Labute approximate surface area is 149 Å². The van der Waals surface area contributed by atoms with Crippen molar-refractivity contribution in [1.82, 2.24) is 0 Å². The molecule has 4 nitrogen and oxygen atoms in total. The molecule has 0 aliphatic heterocycles. The van der Waals surface area contributed by atoms with Crippen LogP contribution in [0.15, 0.2) is 30.3 Å². The molecule has 0 heterocycles. The van der Waals surface area contributed by atoms with Crippen LogP contribution in [0.4, 0.5) is 22.0 Å². The fourth-order valence-corrected chi connectivity index (χ4v) is 1.98. The average Bonchev–Trinajstić information content (AvgIpc) is 2.69. The molecule has 0 saturated carbocycles. The summed E-state index contributed by atoms with van der Waals surface area (Å²) >= 11 is 0. The van der Waals surface area contributed by atoms with Gasteiger partial charge in [-0.2, -0.15) is 0 Å². The zero-order valence-corrected chi connectivity index (χ0v) is 13.7. The minimum Gasteiger partial charge on any atom is -0.465 e. The van der Waals surface area contributed by atoms with E-state index in [4.69, 9.17) is 0 Å². The summed E-state index contributed by atoms with van der Waals surface area (Å²) in [5, 5.41) is 0.